The van der Waals surface area contributed by atoms with Gasteiger partial charge in [-0.1, -0.05) is 0 Å². The topological polar surface area (TPSA) is 91.9 Å². The van der Waals surface area contributed by atoms with Crippen LogP contribution in [-0.2, 0) is 11.3 Å². The molecule has 0 saturated heterocycles. The van der Waals surface area contributed by atoms with Gasteiger partial charge in [-0.3, -0.25) is 5.10 Å². The van der Waals surface area contributed by atoms with E-state index in [0.29, 0.717) is 13.1 Å². The zero-order valence-corrected chi connectivity index (χ0v) is 11.3. The molecule has 0 spiro atoms. The van der Waals surface area contributed by atoms with Crippen molar-refractivity contribution in [3.63, 3.8) is 0 Å². The van der Waals surface area contributed by atoms with Gasteiger partial charge >= 0.3 is 6.09 Å². The van der Waals surface area contributed by atoms with Crippen LogP contribution in [0.1, 0.15) is 33.5 Å². The van der Waals surface area contributed by atoms with Gasteiger partial charge in [-0.05, 0) is 27.7 Å². The van der Waals surface area contributed by atoms with Gasteiger partial charge < -0.3 is 15.4 Å². The van der Waals surface area contributed by atoms with Crippen LogP contribution < -0.4 is 10.6 Å². The molecule has 0 radical (unpaired) electrons. The fourth-order valence-corrected chi connectivity index (χ4v) is 1.21. The molecule has 0 aromatic carbocycles. The lowest BCUT2D eigenvalue weighted by Crippen LogP contribution is -2.41. The van der Waals surface area contributed by atoms with Gasteiger partial charge in [0.2, 0.25) is 0 Å². The Morgan fingerprint density at radius 1 is 1.56 bits per heavy atom. The van der Waals surface area contributed by atoms with E-state index in [-0.39, 0.29) is 6.04 Å². The zero-order chi connectivity index (χ0) is 13.6. The first-order valence-corrected chi connectivity index (χ1v) is 5.91. The Balaban J connectivity index is 2.17. The second-order valence-electron chi connectivity index (χ2n) is 5.10. The van der Waals surface area contributed by atoms with E-state index in [9.17, 15) is 4.79 Å². The number of nitrogens with one attached hydrogen (secondary N) is 3. The van der Waals surface area contributed by atoms with Gasteiger partial charge in [-0.2, -0.15) is 5.10 Å². The minimum Gasteiger partial charge on any atom is -0.444 e. The number of nitrogens with zero attached hydrogens (tertiary/aromatic N) is 2. The van der Waals surface area contributed by atoms with E-state index in [1.54, 1.807) is 0 Å². The summed E-state index contributed by atoms with van der Waals surface area (Å²) < 4.78 is 5.13. The predicted molar refractivity (Wildman–Crippen MR) is 66.9 cm³/mol. The van der Waals surface area contributed by atoms with E-state index in [0.717, 1.165) is 5.82 Å². The van der Waals surface area contributed by atoms with Gasteiger partial charge in [-0.25, -0.2) is 9.78 Å². The number of carbonyl (C=O) groups excluding carboxylic acids is 1. The summed E-state index contributed by atoms with van der Waals surface area (Å²) in [4.78, 5) is 15.4. The highest BCUT2D eigenvalue weighted by Crippen LogP contribution is 2.06. The molecule has 0 aliphatic rings. The Morgan fingerprint density at radius 3 is 2.83 bits per heavy atom. The molecule has 0 saturated carbocycles. The molecule has 18 heavy (non-hydrogen) atoms. The van der Waals surface area contributed by atoms with Crippen LogP contribution in [0, 0.1) is 0 Å². The van der Waals surface area contributed by atoms with Crippen LogP contribution in [0.3, 0.4) is 0 Å². The summed E-state index contributed by atoms with van der Waals surface area (Å²) in [7, 11) is 0. The summed E-state index contributed by atoms with van der Waals surface area (Å²) in [5.41, 5.74) is -0.472. The highest BCUT2D eigenvalue weighted by atomic mass is 16.6. The van der Waals surface area contributed by atoms with Crippen molar-refractivity contribution in [3.05, 3.63) is 12.2 Å². The normalized spacial score (nSPS) is 13.1. The molecule has 7 heteroatoms. The molecule has 7 nitrogen and oxygen atoms in total. The van der Waals surface area contributed by atoms with Crippen LogP contribution in [-0.4, -0.2) is 39.5 Å². The number of hydrogen-bond donors (Lipinski definition) is 3. The molecule has 1 atom stereocenters. The number of aromatic amines is 1. The number of ether oxygens (including phenoxy) is 1. The monoisotopic (exact) mass is 255 g/mol. The van der Waals surface area contributed by atoms with Crippen molar-refractivity contribution < 1.29 is 9.53 Å². The Kier molecular flexibility index (Phi) is 5.08. The van der Waals surface area contributed by atoms with Gasteiger partial charge in [0, 0.05) is 12.6 Å². The highest BCUT2D eigenvalue weighted by molar-refractivity contribution is 5.67. The van der Waals surface area contributed by atoms with Crippen molar-refractivity contribution in [2.75, 3.05) is 6.54 Å². The molecule has 0 fully saturated rings. The van der Waals surface area contributed by atoms with E-state index in [1.807, 2.05) is 27.7 Å². The minimum absolute atomic E-state index is 0.114. The summed E-state index contributed by atoms with van der Waals surface area (Å²) in [6.45, 7) is 8.53. The van der Waals surface area contributed by atoms with Crippen LogP contribution in [0.2, 0.25) is 0 Å². The molecule has 0 aliphatic heterocycles. The number of rotatable bonds is 5. The molecule has 1 amide bonds. The maximum absolute atomic E-state index is 11.4. The van der Waals surface area contributed by atoms with Gasteiger partial charge in [0.05, 0.1) is 6.54 Å². The largest absolute Gasteiger partial charge is 0.444 e. The minimum atomic E-state index is -0.472. The average molecular weight is 255 g/mol. The summed E-state index contributed by atoms with van der Waals surface area (Å²) in [6, 6.07) is 0.114. The van der Waals surface area contributed by atoms with E-state index in [2.05, 4.69) is 25.8 Å². The third-order valence-corrected chi connectivity index (χ3v) is 2.03. The number of alkyl carbamates (subject to hydrolysis) is 1. The summed E-state index contributed by atoms with van der Waals surface area (Å²) in [5, 5.41) is 12.4. The van der Waals surface area contributed by atoms with Crippen molar-refractivity contribution in [1.82, 2.24) is 25.8 Å². The first-order chi connectivity index (χ1) is 8.37. The Morgan fingerprint density at radius 2 is 2.28 bits per heavy atom. The quantitative estimate of drug-likeness (QED) is 0.724. The van der Waals surface area contributed by atoms with Crippen LogP contribution in [0.5, 0.6) is 0 Å². The standard InChI is InChI=1S/C11H21N5O2/c1-8(12-6-9-14-7-15-16-9)5-13-10(17)18-11(2,3)4/h7-8,12H,5-6H2,1-4H3,(H,13,17)(H,14,15,16). The molecule has 3 N–H and O–H groups in total. The fraction of sp³-hybridized carbons (Fsp3) is 0.727. The Bertz CT molecular complexity index is 358. The van der Waals surface area contributed by atoms with E-state index in [4.69, 9.17) is 4.74 Å². The van der Waals surface area contributed by atoms with Crippen molar-refractivity contribution in [2.45, 2.75) is 45.9 Å². The van der Waals surface area contributed by atoms with Crippen molar-refractivity contribution in [3.8, 4) is 0 Å². The lowest BCUT2D eigenvalue weighted by Gasteiger charge is -2.21. The van der Waals surface area contributed by atoms with Crippen molar-refractivity contribution in [1.29, 1.82) is 0 Å². The highest BCUT2D eigenvalue weighted by Gasteiger charge is 2.16. The third-order valence-electron chi connectivity index (χ3n) is 2.03. The zero-order valence-electron chi connectivity index (χ0n) is 11.3. The van der Waals surface area contributed by atoms with Crippen molar-refractivity contribution >= 4 is 6.09 Å². The van der Waals surface area contributed by atoms with E-state index < -0.39 is 11.7 Å². The van der Waals surface area contributed by atoms with Gasteiger partial charge in [0.15, 0.2) is 0 Å². The molecular weight excluding hydrogens is 234 g/mol. The number of amides is 1. The molecule has 0 bridgehead atoms. The molecule has 0 aliphatic carbocycles. The third kappa shape index (κ3) is 6.19. The van der Waals surface area contributed by atoms with Crippen LogP contribution in [0.15, 0.2) is 6.33 Å². The van der Waals surface area contributed by atoms with Crippen molar-refractivity contribution in [2.24, 2.45) is 0 Å². The lowest BCUT2D eigenvalue weighted by atomic mass is 10.2. The van der Waals surface area contributed by atoms with Crippen LogP contribution in [0.4, 0.5) is 4.79 Å². The van der Waals surface area contributed by atoms with E-state index in [1.165, 1.54) is 6.33 Å². The number of hydrogen-bond acceptors (Lipinski definition) is 5. The first-order valence-electron chi connectivity index (χ1n) is 5.91. The second kappa shape index (κ2) is 6.34. The van der Waals surface area contributed by atoms with Crippen LogP contribution in [0.25, 0.3) is 0 Å². The van der Waals surface area contributed by atoms with Gasteiger partial charge in [-0.15, -0.1) is 0 Å². The molecule has 102 valence electrons. The molecule has 1 aromatic heterocycles. The maximum atomic E-state index is 11.4. The Hall–Kier alpha value is -1.63. The molecule has 1 unspecified atom stereocenters. The Labute approximate surface area is 107 Å². The van der Waals surface area contributed by atoms with Gasteiger partial charge in [0.1, 0.15) is 17.8 Å². The fourth-order valence-electron chi connectivity index (χ4n) is 1.21. The summed E-state index contributed by atoms with van der Waals surface area (Å²) >= 11 is 0. The second-order valence-corrected chi connectivity index (χ2v) is 5.10. The molecule has 1 aromatic rings. The smallest absolute Gasteiger partial charge is 0.407 e. The lowest BCUT2D eigenvalue weighted by molar-refractivity contribution is 0.0523. The first kappa shape index (κ1) is 14.4. The number of aromatic nitrogens is 3. The van der Waals surface area contributed by atoms with Crippen LogP contribution >= 0.6 is 0 Å². The molecular formula is C11H21N5O2. The maximum Gasteiger partial charge on any atom is 0.407 e. The summed E-state index contributed by atoms with van der Waals surface area (Å²) in [5.74, 6) is 0.763. The molecule has 1 rings (SSSR count). The van der Waals surface area contributed by atoms with E-state index >= 15 is 0 Å². The van der Waals surface area contributed by atoms with Gasteiger partial charge in [0.25, 0.3) is 0 Å². The predicted octanol–water partition coefficient (Wildman–Crippen LogP) is 0.807. The number of carbonyl (C=O) groups is 1. The molecule has 1 heterocycles. The number of H-pyrrole nitrogens is 1. The average Bonchev–Trinajstić information content (AvgIpc) is 2.74. The summed E-state index contributed by atoms with van der Waals surface area (Å²) in [6.07, 6.45) is 1.05. The SMILES string of the molecule is CC(CNC(=O)OC(C)(C)C)NCc1ncn[nH]1.